The van der Waals surface area contributed by atoms with Gasteiger partial charge in [0.25, 0.3) is 0 Å². The minimum Gasteiger partial charge on any atom is -0.192 e. The van der Waals surface area contributed by atoms with Crippen LogP contribution in [-0.2, 0) is 0 Å². The van der Waals surface area contributed by atoms with Crippen molar-refractivity contribution < 1.29 is 48.3 Å². The van der Waals surface area contributed by atoms with E-state index in [1.54, 1.807) is 0 Å². The molecule has 18 heavy (non-hydrogen) atoms. The Bertz CT molecular complexity index is 355. The molecule has 11 heteroatoms. The largest absolute Gasteiger partial charge is 0.460 e. The molecule has 0 unspecified atom stereocenters. The van der Waals surface area contributed by atoms with Crippen molar-refractivity contribution >= 4 is 0 Å². The van der Waals surface area contributed by atoms with Crippen LogP contribution in [0.4, 0.5) is 48.3 Å². The first-order chi connectivity index (χ1) is 7.56. The molecule has 0 aromatic rings. The highest BCUT2D eigenvalue weighted by atomic mass is 19.4. The molecule has 0 saturated carbocycles. The number of hydrogen-bond acceptors (Lipinski definition) is 0. The first-order valence-corrected chi connectivity index (χ1v) is 3.58. The minimum absolute atomic E-state index is 0.503. The summed E-state index contributed by atoms with van der Waals surface area (Å²) in [6, 6.07) is 0. The molecule has 0 bridgehead atoms. The second-order valence-electron chi connectivity index (χ2n) is 2.92. The van der Waals surface area contributed by atoms with Gasteiger partial charge >= 0.3 is 29.9 Å². The van der Waals surface area contributed by atoms with Gasteiger partial charge in [0, 0.05) is 0 Å². The third kappa shape index (κ3) is 1.97. The van der Waals surface area contributed by atoms with E-state index in [1.807, 2.05) is 0 Å². The van der Waals surface area contributed by atoms with Crippen LogP contribution in [0.2, 0.25) is 0 Å². The molecule has 0 aliphatic carbocycles. The van der Waals surface area contributed by atoms with Crippen LogP contribution in [0.15, 0.2) is 0 Å². The molecule has 0 heterocycles. The number of hydrogen-bond donors (Lipinski definition) is 0. The first-order valence-electron chi connectivity index (χ1n) is 3.58. The van der Waals surface area contributed by atoms with Crippen molar-refractivity contribution in [3.63, 3.8) is 0 Å². The van der Waals surface area contributed by atoms with Crippen LogP contribution in [0.1, 0.15) is 0 Å². The van der Waals surface area contributed by atoms with Crippen LogP contribution in [-0.4, -0.2) is 29.9 Å². The molecular formula is C7F11. The van der Waals surface area contributed by atoms with Gasteiger partial charge in [-0.25, -0.2) is 0 Å². The molecule has 0 fully saturated rings. The molecule has 0 spiro atoms. The summed E-state index contributed by atoms with van der Waals surface area (Å²) in [5.74, 6) is -28.8. The lowest BCUT2D eigenvalue weighted by Gasteiger charge is -2.35. The van der Waals surface area contributed by atoms with Crippen LogP contribution in [0, 0.1) is 12.3 Å². The summed E-state index contributed by atoms with van der Waals surface area (Å²) in [7, 11) is 0. The molecule has 105 valence electrons. The predicted octanol–water partition coefficient (Wildman–Crippen LogP) is 3.68. The van der Waals surface area contributed by atoms with Crippen molar-refractivity contribution in [2.45, 2.75) is 29.9 Å². The van der Waals surface area contributed by atoms with E-state index in [0.29, 0.717) is 0 Å². The normalized spacial score (nSPS) is 15.4. The van der Waals surface area contributed by atoms with E-state index >= 15 is 0 Å². The highest BCUT2D eigenvalue weighted by Gasteiger charge is 2.87. The Labute approximate surface area is 91.7 Å². The maximum Gasteiger partial charge on any atom is 0.460 e. The molecule has 0 aromatic heterocycles. The van der Waals surface area contributed by atoms with E-state index in [9.17, 15) is 48.3 Å². The van der Waals surface area contributed by atoms with Gasteiger partial charge in [0.2, 0.25) is 0 Å². The third-order valence-electron chi connectivity index (χ3n) is 1.70. The molecule has 0 aliphatic rings. The third-order valence-corrected chi connectivity index (χ3v) is 1.70. The van der Waals surface area contributed by atoms with Crippen molar-refractivity contribution in [1.29, 1.82) is 0 Å². The summed E-state index contributed by atoms with van der Waals surface area (Å²) >= 11 is 0. The van der Waals surface area contributed by atoms with E-state index < -0.39 is 35.8 Å². The van der Waals surface area contributed by atoms with E-state index in [2.05, 4.69) is 0 Å². The van der Waals surface area contributed by atoms with E-state index in [-0.39, 0.29) is 0 Å². The Kier molecular flexibility index (Phi) is 3.63. The molecule has 0 rings (SSSR count). The molecule has 0 aliphatic heterocycles. The van der Waals surface area contributed by atoms with E-state index in [4.69, 9.17) is 6.42 Å². The van der Waals surface area contributed by atoms with Gasteiger partial charge in [-0.1, -0.05) is 0 Å². The lowest BCUT2D eigenvalue weighted by atomic mass is 9.98. The smallest absolute Gasteiger partial charge is 0.192 e. The average molecular weight is 293 g/mol. The summed E-state index contributed by atoms with van der Waals surface area (Å²) < 4.78 is 132. The van der Waals surface area contributed by atoms with Crippen LogP contribution < -0.4 is 0 Å². The van der Waals surface area contributed by atoms with Crippen molar-refractivity contribution in [2.24, 2.45) is 0 Å². The molecule has 0 aromatic carbocycles. The Morgan fingerprint density at radius 3 is 1.11 bits per heavy atom. The fraction of sp³-hybridized carbons (Fsp3) is 0.714. The van der Waals surface area contributed by atoms with Crippen molar-refractivity contribution in [1.82, 2.24) is 0 Å². The number of halogens is 11. The fourth-order valence-electron chi connectivity index (χ4n) is 0.651. The quantitative estimate of drug-likeness (QED) is 0.550. The van der Waals surface area contributed by atoms with E-state index in [0.717, 1.165) is 0 Å². The number of rotatable bonds is 3. The van der Waals surface area contributed by atoms with Gasteiger partial charge in [0.05, 0.1) is 0 Å². The second-order valence-corrected chi connectivity index (χ2v) is 2.92. The Morgan fingerprint density at radius 2 is 0.889 bits per heavy atom. The van der Waals surface area contributed by atoms with E-state index in [1.165, 1.54) is 0 Å². The lowest BCUT2D eigenvalue weighted by Crippen LogP contribution is -2.66. The van der Waals surface area contributed by atoms with Gasteiger partial charge in [0.15, 0.2) is 0 Å². The van der Waals surface area contributed by atoms with Crippen molar-refractivity contribution in [2.75, 3.05) is 0 Å². The standard InChI is InChI=1S/C7F11/c1-2-3(8,9)4(10,11)5(12,13)6(14,15)7(16,17)18. The molecular weight excluding hydrogens is 293 g/mol. The summed E-state index contributed by atoms with van der Waals surface area (Å²) in [6.07, 6.45) is -1.62. The number of alkyl halides is 11. The molecule has 0 amide bonds. The summed E-state index contributed by atoms with van der Waals surface area (Å²) in [5, 5.41) is 0. The van der Waals surface area contributed by atoms with Gasteiger partial charge < -0.3 is 0 Å². The fourth-order valence-corrected chi connectivity index (χ4v) is 0.651. The van der Waals surface area contributed by atoms with Gasteiger partial charge in [-0.05, 0) is 12.3 Å². The topological polar surface area (TPSA) is 0 Å². The summed E-state index contributed by atoms with van der Waals surface area (Å²) in [5.41, 5.74) is 0. The zero-order valence-electron chi connectivity index (χ0n) is 7.66. The molecule has 0 nitrogen and oxygen atoms in total. The Hall–Kier alpha value is -1.21. The monoisotopic (exact) mass is 293 g/mol. The van der Waals surface area contributed by atoms with Gasteiger partial charge in [-0.2, -0.15) is 48.3 Å². The lowest BCUT2D eigenvalue weighted by molar-refractivity contribution is -0.415. The highest BCUT2D eigenvalue weighted by molar-refractivity contribution is 5.14. The van der Waals surface area contributed by atoms with Gasteiger partial charge in [0.1, 0.15) is 0 Å². The van der Waals surface area contributed by atoms with Gasteiger partial charge in [-0.15, -0.1) is 0 Å². The molecule has 0 N–H and O–H groups in total. The maximum atomic E-state index is 12.3. The maximum absolute atomic E-state index is 12.3. The minimum atomic E-state index is -7.46. The second kappa shape index (κ2) is 3.89. The summed E-state index contributed by atoms with van der Waals surface area (Å²) in [6.45, 7) is 0. The average Bonchev–Trinajstić information content (AvgIpc) is 2.15. The van der Waals surface area contributed by atoms with Crippen molar-refractivity contribution in [3.8, 4) is 5.92 Å². The van der Waals surface area contributed by atoms with Crippen LogP contribution >= 0.6 is 0 Å². The van der Waals surface area contributed by atoms with Crippen molar-refractivity contribution in [3.05, 3.63) is 6.42 Å². The van der Waals surface area contributed by atoms with Crippen LogP contribution in [0.25, 0.3) is 0 Å². The zero-order chi connectivity index (χ0) is 15.2. The Balaban J connectivity index is 5.90. The molecule has 1 radical (unpaired) electrons. The highest BCUT2D eigenvalue weighted by Crippen LogP contribution is 2.57. The summed E-state index contributed by atoms with van der Waals surface area (Å²) in [4.78, 5) is 0. The first kappa shape index (κ1) is 16.8. The van der Waals surface area contributed by atoms with Gasteiger partial charge in [-0.3, -0.25) is 0 Å². The zero-order valence-corrected chi connectivity index (χ0v) is 7.66. The SMILES string of the molecule is [C]#CC(F)(F)C(F)(F)C(F)(F)C(F)(F)C(F)(F)F. The predicted molar refractivity (Wildman–Crippen MR) is 33.0 cm³/mol. The van der Waals surface area contributed by atoms with Crippen LogP contribution in [0.3, 0.4) is 0 Å². The molecule has 0 saturated heterocycles. The van der Waals surface area contributed by atoms with Crippen LogP contribution in [0.5, 0.6) is 0 Å². The molecule has 0 atom stereocenters. The Morgan fingerprint density at radius 1 is 0.556 bits per heavy atom.